The highest BCUT2D eigenvalue weighted by Gasteiger charge is 2.37. The number of benzene rings is 1. The van der Waals surface area contributed by atoms with Crippen molar-refractivity contribution in [2.75, 3.05) is 10.2 Å². The standard InChI is InChI=1S/C10H8INO2/c11-4-8-9(13)6-2-1-5(12)3-7(6)10(8)14/h1-3,8H,4,12H2. The van der Waals surface area contributed by atoms with Crippen molar-refractivity contribution in [2.45, 2.75) is 0 Å². The highest BCUT2D eigenvalue weighted by atomic mass is 127. The van der Waals surface area contributed by atoms with E-state index < -0.39 is 5.92 Å². The van der Waals surface area contributed by atoms with E-state index in [9.17, 15) is 9.59 Å². The summed E-state index contributed by atoms with van der Waals surface area (Å²) >= 11 is 2.05. The Morgan fingerprint density at radius 1 is 1.21 bits per heavy atom. The van der Waals surface area contributed by atoms with Crippen molar-refractivity contribution in [1.82, 2.24) is 0 Å². The van der Waals surface area contributed by atoms with Crippen LogP contribution in [0.5, 0.6) is 0 Å². The number of hydrogen-bond donors (Lipinski definition) is 1. The fourth-order valence-corrected chi connectivity index (χ4v) is 2.42. The lowest BCUT2D eigenvalue weighted by molar-refractivity contribution is 0.0857. The summed E-state index contributed by atoms with van der Waals surface area (Å²) in [5.41, 5.74) is 7.09. The van der Waals surface area contributed by atoms with Gasteiger partial charge in [-0.3, -0.25) is 9.59 Å². The molecular formula is C10H8INO2. The summed E-state index contributed by atoms with van der Waals surface area (Å²) in [5.74, 6) is -0.654. The number of nitrogens with two attached hydrogens (primary N) is 1. The largest absolute Gasteiger partial charge is 0.399 e. The maximum absolute atomic E-state index is 11.7. The number of carbonyl (C=O) groups is 2. The van der Waals surface area contributed by atoms with Crippen LogP contribution in [0.4, 0.5) is 5.69 Å². The minimum Gasteiger partial charge on any atom is -0.399 e. The summed E-state index contributed by atoms with van der Waals surface area (Å²) < 4.78 is 0.532. The van der Waals surface area contributed by atoms with E-state index in [-0.39, 0.29) is 11.6 Å². The molecular weight excluding hydrogens is 293 g/mol. The zero-order valence-electron chi connectivity index (χ0n) is 7.29. The van der Waals surface area contributed by atoms with Gasteiger partial charge in [-0.25, -0.2) is 0 Å². The molecule has 14 heavy (non-hydrogen) atoms. The molecule has 1 aliphatic carbocycles. The molecule has 4 heteroatoms. The molecule has 72 valence electrons. The zero-order valence-corrected chi connectivity index (χ0v) is 9.45. The van der Waals surface area contributed by atoms with E-state index in [0.717, 1.165) is 0 Å². The third kappa shape index (κ3) is 1.25. The molecule has 3 nitrogen and oxygen atoms in total. The lowest BCUT2D eigenvalue weighted by Crippen LogP contribution is -2.15. The molecule has 1 atom stereocenters. The molecule has 1 aromatic carbocycles. The van der Waals surface area contributed by atoms with E-state index in [1.54, 1.807) is 18.2 Å². The van der Waals surface area contributed by atoms with E-state index in [2.05, 4.69) is 22.6 Å². The van der Waals surface area contributed by atoms with Gasteiger partial charge < -0.3 is 5.73 Å². The molecule has 0 spiro atoms. The van der Waals surface area contributed by atoms with Gasteiger partial charge in [0.2, 0.25) is 0 Å². The van der Waals surface area contributed by atoms with Crippen LogP contribution in [-0.2, 0) is 0 Å². The van der Waals surface area contributed by atoms with Crippen molar-refractivity contribution in [1.29, 1.82) is 0 Å². The summed E-state index contributed by atoms with van der Waals surface area (Å²) in [4.78, 5) is 23.4. The van der Waals surface area contributed by atoms with E-state index in [1.807, 2.05) is 0 Å². The van der Waals surface area contributed by atoms with E-state index >= 15 is 0 Å². The van der Waals surface area contributed by atoms with Crippen LogP contribution in [0.25, 0.3) is 0 Å². The molecule has 0 bridgehead atoms. The second kappa shape index (κ2) is 3.34. The van der Waals surface area contributed by atoms with Gasteiger partial charge in [-0.2, -0.15) is 0 Å². The minimum absolute atomic E-state index is 0.0700. The predicted molar refractivity (Wildman–Crippen MR) is 61.9 cm³/mol. The molecule has 2 rings (SSSR count). The maximum atomic E-state index is 11.7. The van der Waals surface area contributed by atoms with Gasteiger partial charge in [-0.05, 0) is 18.2 Å². The van der Waals surface area contributed by atoms with Crippen molar-refractivity contribution >= 4 is 39.8 Å². The Balaban J connectivity index is 2.58. The van der Waals surface area contributed by atoms with Crippen molar-refractivity contribution in [3.63, 3.8) is 0 Å². The highest BCUT2D eigenvalue weighted by molar-refractivity contribution is 14.1. The molecule has 0 heterocycles. The normalized spacial score (nSPS) is 19.9. The van der Waals surface area contributed by atoms with Crippen LogP contribution in [0.3, 0.4) is 0 Å². The highest BCUT2D eigenvalue weighted by Crippen LogP contribution is 2.29. The molecule has 0 amide bonds. The number of fused-ring (bicyclic) bond motifs is 1. The van der Waals surface area contributed by atoms with Crippen LogP contribution in [0.2, 0.25) is 0 Å². The Hall–Kier alpha value is -0.910. The van der Waals surface area contributed by atoms with Gasteiger partial charge in [0.05, 0.1) is 5.92 Å². The first-order valence-corrected chi connectivity index (χ1v) is 5.71. The number of rotatable bonds is 1. The summed E-state index contributed by atoms with van der Waals surface area (Å²) in [6.07, 6.45) is 0. The van der Waals surface area contributed by atoms with Crippen LogP contribution < -0.4 is 5.73 Å². The topological polar surface area (TPSA) is 60.2 Å². The van der Waals surface area contributed by atoms with Gasteiger partial charge in [0.1, 0.15) is 0 Å². The van der Waals surface area contributed by atoms with E-state index in [4.69, 9.17) is 5.73 Å². The molecule has 0 aliphatic heterocycles. The monoisotopic (exact) mass is 301 g/mol. The Bertz CT molecular complexity index is 428. The number of carbonyl (C=O) groups excluding carboxylic acids is 2. The van der Waals surface area contributed by atoms with Crippen molar-refractivity contribution in [3.05, 3.63) is 29.3 Å². The molecule has 1 aromatic rings. The first kappa shape index (κ1) is 9.64. The average Bonchev–Trinajstić information content (AvgIpc) is 2.39. The quantitative estimate of drug-likeness (QED) is 0.372. The van der Waals surface area contributed by atoms with Gasteiger partial charge >= 0.3 is 0 Å². The number of hydrogen-bond acceptors (Lipinski definition) is 3. The maximum Gasteiger partial charge on any atom is 0.175 e. The predicted octanol–water partition coefficient (Wildman–Crippen LogP) is 1.70. The van der Waals surface area contributed by atoms with Crippen LogP contribution in [0.1, 0.15) is 20.7 Å². The number of Topliss-reactive ketones (excluding diaryl/α,β-unsaturated/α-hetero) is 2. The number of nitrogen functional groups attached to an aromatic ring is 1. The zero-order chi connectivity index (χ0) is 10.3. The second-order valence-electron chi connectivity index (χ2n) is 3.24. The van der Waals surface area contributed by atoms with Gasteiger partial charge in [0, 0.05) is 21.2 Å². The van der Waals surface area contributed by atoms with Crippen molar-refractivity contribution < 1.29 is 9.59 Å². The lowest BCUT2D eigenvalue weighted by atomic mass is 10.1. The molecule has 1 aliphatic rings. The third-order valence-electron chi connectivity index (χ3n) is 2.36. The number of ketones is 2. The summed E-state index contributed by atoms with van der Waals surface area (Å²) in [5, 5.41) is 0. The fraction of sp³-hybridized carbons (Fsp3) is 0.200. The Kier molecular flexibility index (Phi) is 2.30. The Labute approximate surface area is 94.8 Å². The molecule has 1 unspecified atom stereocenters. The van der Waals surface area contributed by atoms with Crippen LogP contribution in [-0.4, -0.2) is 16.0 Å². The third-order valence-corrected chi connectivity index (χ3v) is 3.24. The van der Waals surface area contributed by atoms with E-state index in [1.165, 1.54) is 0 Å². The SMILES string of the molecule is Nc1ccc2c(c1)C(=O)C(CI)C2=O. The second-order valence-corrected chi connectivity index (χ2v) is 4.12. The molecule has 0 saturated carbocycles. The van der Waals surface area contributed by atoms with Crippen LogP contribution in [0.15, 0.2) is 18.2 Å². The van der Waals surface area contributed by atoms with Crippen molar-refractivity contribution in [2.24, 2.45) is 5.92 Å². The van der Waals surface area contributed by atoms with Gasteiger partial charge in [-0.1, -0.05) is 22.6 Å². The van der Waals surface area contributed by atoms with Gasteiger partial charge in [0.15, 0.2) is 11.6 Å². The van der Waals surface area contributed by atoms with Crippen LogP contribution in [0, 0.1) is 5.92 Å². The Morgan fingerprint density at radius 3 is 2.50 bits per heavy atom. The molecule has 0 saturated heterocycles. The van der Waals surface area contributed by atoms with Crippen molar-refractivity contribution in [3.8, 4) is 0 Å². The average molecular weight is 301 g/mol. The van der Waals surface area contributed by atoms with E-state index in [0.29, 0.717) is 21.2 Å². The Morgan fingerprint density at radius 2 is 1.86 bits per heavy atom. The fourth-order valence-electron chi connectivity index (χ4n) is 1.62. The summed E-state index contributed by atoms with van der Waals surface area (Å²) in [6, 6.07) is 4.87. The summed E-state index contributed by atoms with van der Waals surface area (Å²) in [6.45, 7) is 0. The number of anilines is 1. The smallest absolute Gasteiger partial charge is 0.175 e. The molecule has 0 radical (unpaired) electrons. The molecule has 0 aromatic heterocycles. The lowest BCUT2D eigenvalue weighted by Gasteiger charge is -1.98. The first-order valence-electron chi connectivity index (χ1n) is 4.19. The van der Waals surface area contributed by atoms with Gasteiger partial charge in [-0.15, -0.1) is 0 Å². The van der Waals surface area contributed by atoms with Gasteiger partial charge in [0.25, 0.3) is 0 Å². The molecule has 2 N–H and O–H groups in total. The minimum atomic E-state index is -0.493. The van der Waals surface area contributed by atoms with Crippen LogP contribution >= 0.6 is 22.6 Å². The summed E-state index contributed by atoms with van der Waals surface area (Å²) in [7, 11) is 0. The number of halogens is 1. The molecule has 0 fully saturated rings. The number of alkyl halides is 1. The first-order chi connectivity index (χ1) is 6.65.